The van der Waals surface area contributed by atoms with Gasteiger partial charge in [-0.25, -0.2) is 9.18 Å². The minimum Gasteiger partial charge on any atom is -0.486 e. The number of nitrogens with one attached hydrogen (secondary N) is 1. The van der Waals surface area contributed by atoms with E-state index in [9.17, 15) is 18.8 Å². The van der Waals surface area contributed by atoms with E-state index in [1.165, 1.54) is 36.1 Å². The molecule has 162 valence electrons. The maximum Gasteiger partial charge on any atom is 0.325 e. The lowest BCUT2D eigenvalue weighted by atomic mass is 9.92. The molecule has 2 aromatic carbocycles. The highest BCUT2D eigenvalue weighted by Gasteiger charge is 2.49. The van der Waals surface area contributed by atoms with Crippen LogP contribution < -0.4 is 14.8 Å². The highest BCUT2D eigenvalue weighted by Crippen LogP contribution is 2.31. The summed E-state index contributed by atoms with van der Waals surface area (Å²) in [5.41, 5.74) is -0.0975. The second-order valence-electron chi connectivity index (χ2n) is 7.68. The van der Waals surface area contributed by atoms with Gasteiger partial charge in [0.1, 0.15) is 31.1 Å². The van der Waals surface area contributed by atoms with Gasteiger partial charge in [0.15, 0.2) is 11.5 Å². The SMILES string of the molecule is CN(Cc1ccc2c(c1)OCCO2)C(=O)CN1C(=O)NC(C)(c2ccc(F)cc2)C1=O. The van der Waals surface area contributed by atoms with E-state index in [0.717, 1.165) is 10.5 Å². The lowest BCUT2D eigenvalue weighted by Crippen LogP contribution is -2.43. The smallest absolute Gasteiger partial charge is 0.325 e. The van der Waals surface area contributed by atoms with Crippen LogP contribution in [0.1, 0.15) is 18.1 Å². The van der Waals surface area contributed by atoms with Gasteiger partial charge < -0.3 is 19.7 Å². The molecule has 0 aromatic heterocycles. The summed E-state index contributed by atoms with van der Waals surface area (Å²) in [5.74, 6) is -0.138. The fourth-order valence-corrected chi connectivity index (χ4v) is 3.62. The molecule has 9 heteroatoms. The van der Waals surface area contributed by atoms with Crippen molar-refractivity contribution in [2.45, 2.75) is 19.0 Å². The van der Waals surface area contributed by atoms with Crippen molar-refractivity contribution in [1.82, 2.24) is 15.1 Å². The molecule has 0 radical (unpaired) electrons. The summed E-state index contributed by atoms with van der Waals surface area (Å²) in [7, 11) is 1.59. The van der Waals surface area contributed by atoms with E-state index in [1.54, 1.807) is 19.2 Å². The molecule has 0 aliphatic carbocycles. The lowest BCUT2D eigenvalue weighted by Gasteiger charge is -2.24. The number of amides is 4. The van der Waals surface area contributed by atoms with Crippen molar-refractivity contribution in [3.63, 3.8) is 0 Å². The van der Waals surface area contributed by atoms with Gasteiger partial charge in [-0.2, -0.15) is 0 Å². The highest BCUT2D eigenvalue weighted by molar-refractivity contribution is 6.09. The number of carbonyl (C=O) groups is 3. The Balaban J connectivity index is 1.43. The third-order valence-electron chi connectivity index (χ3n) is 5.44. The number of urea groups is 1. The van der Waals surface area contributed by atoms with Gasteiger partial charge in [0.25, 0.3) is 5.91 Å². The molecule has 31 heavy (non-hydrogen) atoms. The summed E-state index contributed by atoms with van der Waals surface area (Å²) >= 11 is 0. The van der Waals surface area contributed by atoms with Crippen LogP contribution in [0.15, 0.2) is 42.5 Å². The molecule has 4 amide bonds. The van der Waals surface area contributed by atoms with Crippen LogP contribution >= 0.6 is 0 Å². The molecule has 2 aliphatic heterocycles. The first-order chi connectivity index (χ1) is 14.8. The third-order valence-corrected chi connectivity index (χ3v) is 5.44. The second-order valence-corrected chi connectivity index (χ2v) is 7.68. The molecule has 2 heterocycles. The van der Waals surface area contributed by atoms with E-state index in [1.807, 2.05) is 6.07 Å². The largest absolute Gasteiger partial charge is 0.486 e. The fraction of sp³-hybridized carbons (Fsp3) is 0.318. The van der Waals surface area contributed by atoms with E-state index in [-0.39, 0.29) is 6.54 Å². The fourth-order valence-electron chi connectivity index (χ4n) is 3.62. The Bertz CT molecular complexity index is 1040. The molecule has 8 nitrogen and oxygen atoms in total. The molecule has 1 saturated heterocycles. The Morgan fingerprint density at radius 3 is 2.52 bits per heavy atom. The molecule has 1 atom stereocenters. The predicted octanol–water partition coefficient (Wildman–Crippen LogP) is 2.02. The maximum absolute atomic E-state index is 13.2. The molecule has 0 spiro atoms. The first-order valence-corrected chi connectivity index (χ1v) is 9.80. The second kappa shape index (κ2) is 7.90. The van der Waals surface area contributed by atoms with Gasteiger partial charge in [-0.1, -0.05) is 18.2 Å². The molecular formula is C22H22FN3O5. The minimum absolute atomic E-state index is 0.272. The van der Waals surface area contributed by atoms with E-state index in [0.29, 0.717) is 30.3 Å². The van der Waals surface area contributed by atoms with Crippen molar-refractivity contribution in [3.8, 4) is 11.5 Å². The van der Waals surface area contributed by atoms with Crippen LogP contribution in [0.3, 0.4) is 0 Å². The number of likely N-dealkylation sites (N-methyl/N-ethyl adjacent to an activating group) is 1. The van der Waals surface area contributed by atoms with E-state index >= 15 is 0 Å². The topological polar surface area (TPSA) is 88.2 Å². The lowest BCUT2D eigenvalue weighted by molar-refractivity contribution is -0.138. The number of halogens is 1. The number of hydrogen-bond acceptors (Lipinski definition) is 5. The van der Waals surface area contributed by atoms with Gasteiger partial charge in [0.2, 0.25) is 5.91 Å². The molecular weight excluding hydrogens is 405 g/mol. The summed E-state index contributed by atoms with van der Waals surface area (Å²) in [6, 6.07) is 10.1. The maximum atomic E-state index is 13.2. The van der Waals surface area contributed by atoms with Gasteiger partial charge in [-0.3, -0.25) is 14.5 Å². The van der Waals surface area contributed by atoms with Gasteiger partial charge in [-0.15, -0.1) is 0 Å². The van der Waals surface area contributed by atoms with Gasteiger partial charge in [0.05, 0.1) is 0 Å². The molecule has 4 rings (SSSR count). The zero-order valence-corrected chi connectivity index (χ0v) is 17.2. The quantitative estimate of drug-likeness (QED) is 0.738. The number of carbonyl (C=O) groups excluding carboxylic acids is 3. The number of rotatable bonds is 5. The molecule has 1 unspecified atom stereocenters. The van der Waals surface area contributed by atoms with Gasteiger partial charge in [0, 0.05) is 13.6 Å². The first-order valence-electron chi connectivity index (χ1n) is 9.80. The normalized spacial score (nSPS) is 19.9. The number of ether oxygens (including phenoxy) is 2. The summed E-state index contributed by atoms with van der Waals surface area (Å²) < 4.78 is 24.3. The number of imide groups is 1. The summed E-state index contributed by atoms with van der Waals surface area (Å²) in [6.07, 6.45) is 0. The molecule has 2 aliphatic rings. The van der Waals surface area contributed by atoms with Crippen LogP contribution in [0, 0.1) is 5.82 Å². The Morgan fingerprint density at radius 1 is 1.13 bits per heavy atom. The zero-order chi connectivity index (χ0) is 22.2. The average Bonchev–Trinajstić information content (AvgIpc) is 2.97. The first kappa shape index (κ1) is 20.6. The van der Waals surface area contributed by atoms with Crippen molar-refractivity contribution >= 4 is 17.8 Å². The van der Waals surface area contributed by atoms with Crippen molar-refractivity contribution in [2.75, 3.05) is 26.8 Å². The summed E-state index contributed by atoms with van der Waals surface area (Å²) in [6.45, 7) is 2.36. The summed E-state index contributed by atoms with van der Waals surface area (Å²) in [4.78, 5) is 40.4. The Morgan fingerprint density at radius 2 is 1.81 bits per heavy atom. The summed E-state index contributed by atoms with van der Waals surface area (Å²) in [5, 5.41) is 2.61. The Labute approximate surface area is 178 Å². The van der Waals surface area contributed by atoms with E-state index in [2.05, 4.69) is 5.32 Å². The van der Waals surface area contributed by atoms with Crippen molar-refractivity contribution < 1.29 is 28.2 Å². The monoisotopic (exact) mass is 427 g/mol. The third kappa shape index (κ3) is 3.90. The Hall–Kier alpha value is -3.62. The minimum atomic E-state index is -1.36. The van der Waals surface area contributed by atoms with Crippen molar-refractivity contribution in [1.29, 1.82) is 0 Å². The number of fused-ring (bicyclic) bond motifs is 1. The van der Waals surface area contributed by atoms with Crippen LogP contribution in [0.5, 0.6) is 11.5 Å². The van der Waals surface area contributed by atoms with E-state index in [4.69, 9.17) is 9.47 Å². The zero-order valence-electron chi connectivity index (χ0n) is 17.2. The van der Waals surface area contributed by atoms with Gasteiger partial charge >= 0.3 is 6.03 Å². The highest BCUT2D eigenvalue weighted by atomic mass is 19.1. The van der Waals surface area contributed by atoms with E-state index < -0.39 is 35.7 Å². The number of hydrogen-bond donors (Lipinski definition) is 1. The standard InChI is InChI=1S/C22H22FN3O5/c1-22(15-4-6-16(23)7-5-15)20(28)26(21(29)24-22)13-19(27)25(2)12-14-3-8-17-18(11-14)31-10-9-30-17/h3-8,11H,9-10,12-13H2,1-2H3,(H,24,29). The molecule has 2 aromatic rings. The van der Waals surface area contributed by atoms with Crippen LogP contribution in [0.4, 0.5) is 9.18 Å². The molecule has 1 fully saturated rings. The Kier molecular flexibility index (Phi) is 5.26. The molecule has 0 bridgehead atoms. The predicted molar refractivity (Wildman–Crippen MR) is 108 cm³/mol. The van der Waals surface area contributed by atoms with Gasteiger partial charge in [-0.05, 0) is 42.3 Å². The molecule has 0 saturated carbocycles. The van der Waals surface area contributed by atoms with Crippen LogP contribution in [0.2, 0.25) is 0 Å². The van der Waals surface area contributed by atoms with Crippen LogP contribution in [0.25, 0.3) is 0 Å². The average molecular weight is 427 g/mol. The number of nitrogens with zero attached hydrogens (tertiary/aromatic N) is 2. The number of benzene rings is 2. The van der Waals surface area contributed by atoms with Crippen LogP contribution in [-0.2, 0) is 21.7 Å². The van der Waals surface area contributed by atoms with Crippen molar-refractivity contribution in [2.24, 2.45) is 0 Å². The molecule has 1 N–H and O–H groups in total. The van der Waals surface area contributed by atoms with Crippen LogP contribution in [-0.4, -0.2) is 54.5 Å². The van der Waals surface area contributed by atoms with Crippen molar-refractivity contribution in [3.05, 3.63) is 59.4 Å².